The fourth-order valence-electron chi connectivity index (χ4n) is 4.21. The quantitative estimate of drug-likeness (QED) is 0.544. The van der Waals surface area contributed by atoms with Crippen molar-refractivity contribution in [1.29, 1.82) is 0 Å². The average Bonchev–Trinajstić information content (AvgIpc) is 2.82. The second kappa shape index (κ2) is 7.75. The monoisotopic (exact) mass is 413 g/mol. The molecule has 7 heteroatoms. The standard InChI is InChI=1S/C24H23N5O2/c1-30-20-13-19-22(23(24(20)31-2)18-7-3-4-9-27-18)16(25)12-21(28-19)29-11-8-17-15(14-29)6-5-10-26-17/h3-7,9-10,12-13H,8,11,14H2,1-2H3,(H2,25,28). The molecule has 31 heavy (non-hydrogen) atoms. The van der Waals surface area contributed by atoms with E-state index in [-0.39, 0.29) is 0 Å². The molecule has 0 fully saturated rings. The molecule has 3 aromatic heterocycles. The molecule has 7 nitrogen and oxygen atoms in total. The number of anilines is 2. The van der Waals surface area contributed by atoms with Crippen LogP contribution in [0.1, 0.15) is 11.3 Å². The van der Waals surface area contributed by atoms with Crippen molar-refractivity contribution in [2.75, 3.05) is 31.4 Å². The van der Waals surface area contributed by atoms with E-state index in [0.717, 1.165) is 53.2 Å². The highest BCUT2D eigenvalue weighted by Crippen LogP contribution is 2.45. The number of ether oxygens (including phenoxy) is 2. The molecular formula is C24H23N5O2. The van der Waals surface area contributed by atoms with E-state index in [1.54, 1.807) is 20.4 Å². The summed E-state index contributed by atoms with van der Waals surface area (Å²) >= 11 is 0. The molecule has 4 heterocycles. The fraction of sp³-hybridized carbons (Fsp3) is 0.208. The molecule has 1 aliphatic heterocycles. The Labute approximate surface area is 180 Å². The number of nitrogens with two attached hydrogens (primary N) is 1. The second-order valence-electron chi connectivity index (χ2n) is 7.45. The Morgan fingerprint density at radius 2 is 1.87 bits per heavy atom. The van der Waals surface area contributed by atoms with Crippen LogP contribution in [0.25, 0.3) is 22.2 Å². The number of fused-ring (bicyclic) bond motifs is 2. The predicted octanol–water partition coefficient (Wildman–Crippen LogP) is 3.85. The van der Waals surface area contributed by atoms with Gasteiger partial charge in [0.2, 0.25) is 0 Å². The molecule has 0 saturated heterocycles. The highest BCUT2D eigenvalue weighted by Gasteiger charge is 2.23. The summed E-state index contributed by atoms with van der Waals surface area (Å²) in [6.45, 7) is 1.59. The molecule has 5 rings (SSSR count). The first-order valence-corrected chi connectivity index (χ1v) is 10.1. The van der Waals surface area contributed by atoms with Gasteiger partial charge in [0, 0.05) is 60.8 Å². The molecule has 2 N–H and O–H groups in total. The van der Waals surface area contributed by atoms with E-state index < -0.39 is 0 Å². The molecule has 0 amide bonds. The minimum Gasteiger partial charge on any atom is -0.493 e. The van der Waals surface area contributed by atoms with Crippen LogP contribution in [-0.2, 0) is 13.0 Å². The van der Waals surface area contributed by atoms with Crippen LogP contribution in [0, 0.1) is 0 Å². The van der Waals surface area contributed by atoms with Crippen LogP contribution in [0.2, 0.25) is 0 Å². The van der Waals surface area contributed by atoms with E-state index >= 15 is 0 Å². The Morgan fingerprint density at radius 3 is 2.65 bits per heavy atom. The van der Waals surface area contributed by atoms with Crippen molar-refractivity contribution < 1.29 is 9.47 Å². The number of nitrogens with zero attached hydrogens (tertiary/aromatic N) is 4. The Balaban J connectivity index is 1.69. The Kier molecular flexibility index (Phi) is 4.78. The molecule has 0 bridgehead atoms. The van der Waals surface area contributed by atoms with Gasteiger partial charge in [-0.15, -0.1) is 0 Å². The topological polar surface area (TPSA) is 86.4 Å². The van der Waals surface area contributed by atoms with Gasteiger partial charge in [-0.1, -0.05) is 12.1 Å². The maximum atomic E-state index is 6.61. The average molecular weight is 413 g/mol. The molecule has 0 atom stereocenters. The second-order valence-corrected chi connectivity index (χ2v) is 7.45. The van der Waals surface area contributed by atoms with Crippen LogP contribution < -0.4 is 20.1 Å². The molecule has 0 unspecified atom stereocenters. The smallest absolute Gasteiger partial charge is 0.170 e. The third-order valence-corrected chi connectivity index (χ3v) is 5.67. The maximum Gasteiger partial charge on any atom is 0.170 e. The van der Waals surface area contributed by atoms with Gasteiger partial charge in [-0.25, -0.2) is 4.98 Å². The third-order valence-electron chi connectivity index (χ3n) is 5.67. The number of benzene rings is 1. The number of rotatable bonds is 4. The summed E-state index contributed by atoms with van der Waals surface area (Å²) in [7, 11) is 3.24. The van der Waals surface area contributed by atoms with E-state index in [1.165, 1.54) is 5.56 Å². The van der Waals surface area contributed by atoms with Crippen molar-refractivity contribution in [1.82, 2.24) is 15.0 Å². The van der Waals surface area contributed by atoms with Gasteiger partial charge >= 0.3 is 0 Å². The first-order chi connectivity index (χ1) is 15.2. The van der Waals surface area contributed by atoms with Gasteiger partial charge in [-0.05, 0) is 23.8 Å². The van der Waals surface area contributed by atoms with Crippen LogP contribution in [0.3, 0.4) is 0 Å². The highest BCUT2D eigenvalue weighted by molar-refractivity contribution is 6.06. The summed E-state index contributed by atoms with van der Waals surface area (Å²) in [6, 6.07) is 13.6. The van der Waals surface area contributed by atoms with E-state index in [9.17, 15) is 0 Å². The summed E-state index contributed by atoms with van der Waals surface area (Å²) in [5.74, 6) is 2.01. The number of aromatic nitrogens is 3. The van der Waals surface area contributed by atoms with Crippen LogP contribution in [0.4, 0.5) is 11.5 Å². The molecule has 4 aromatic rings. The fourth-order valence-corrected chi connectivity index (χ4v) is 4.21. The van der Waals surface area contributed by atoms with Crippen LogP contribution in [-0.4, -0.2) is 35.7 Å². The van der Waals surface area contributed by atoms with Crippen molar-refractivity contribution in [3.8, 4) is 22.8 Å². The highest BCUT2D eigenvalue weighted by atomic mass is 16.5. The minimum absolute atomic E-state index is 0.591. The molecular weight excluding hydrogens is 390 g/mol. The first-order valence-electron chi connectivity index (χ1n) is 10.1. The van der Waals surface area contributed by atoms with Gasteiger partial charge in [0.1, 0.15) is 5.82 Å². The van der Waals surface area contributed by atoms with E-state index in [1.807, 2.05) is 42.6 Å². The number of methoxy groups -OCH3 is 2. The predicted molar refractivity (Wildman–Crippen MR) is 121 cm³/mol. The lowest BCUT2D eigenvalue weighted by molar-refractivity contribution is 0.357. The lowest BCUT2D eigenvalue weighted by Crippen LogP contribution is -2.31. The first kappa shape index (κ1) is 19.1. The van der Waals surface area contributed by atoms with Gasteiger partial charge in [-0.2, -0.15) is 0 Å². The normalized spacial score (nSPS) is 13.2. The Bertz CT molecular complexity index is 1260. The van der Waals surface area contributed by atoms with Crippen LogP contribution in [0.5, 0.6) is 11.5 Å². The van der Waals surface area contributed by atoms with Gasteiger partial charge < -0.3 is 20.1 Å². The number of hydrogen-bond donors (Lipinski definition) is 1. The van der Waals surface area contributed by atoms with Crippen LogP contribution >= 0.6 is 0 Å². The minimum atomic E-state index is 0.591. The van der Waals surface area contributed by atoms with E-state index in [2.05, 4.69) is 20.9 Å². The maximum absolute atomic E-state index is 6.61. The lowest BCUT2D eigenvalue weighted by atomic mass is 10.0. The summed E-state index contributed by atoms with van der Waals surface area (Å²) in [5, 5.41) is 0.805. The van der Waals surface area contributed by atoms with Crippen molar-refractivity contribution >= 4 is 22.4 Å². The van der Waals surface area contributed by atoms with E-state index in [4.69, 9.17) is 20.2 Å². The third kappa shape index (κ3) is 3.28. The van der Waals surface area contributed by atoms with Crippen molar-refractivity contribution in [3.63, 3.8) is 0 Å². The lowest BCUT2D eigenvalue weighted by Gasteiger charge is -2.29. The molecule has 0 radical (unpaired) electrons. The zero-order chi connectivity index (χ0) is 21.4. The number of pyridine rings is 3. The molecule has 0 aliphatic carbocycles. The van der Waals surface area contributed by atoms with E-state index in [0.29, 0.717) is 17.2 Å². The van der Waals surface area contributed by atoms with Gasteiger partial charge in [-0.3, -0.25) is 9.97 Å². The zero-order valence-electron chi connectivity index (χ0n) is 17.5. The molecule has 0 saturated carbocycles. The number of nitrogen functional groups attached to an aromatic ring is 1. The van der Waals surface area contributed by atoms with Crippen molar-refractivity contribution in [3.05, 3.63) is 66.1 Å². The van der Waals surface area contributed by atoms with Gasteiger partial charge in [0.25, 0.3) is 0 Å². The molecule has 156 valence electrons. The number of hydrogen-bond acceptors (Lipinski definition) is 7. The van der Waals surface area contributed by atoms with Gasteiger partial charge in [0.15, 0.2) is 11.5 Å². The molecule has 0 spiro atoms. The Hall–Kier alpha value is -3.87. The van der Waals surface area contributed by atoms with Crippen LogP contribution in [0.15, 0.2) is 54.9 Å². The largest absolute Gasteiger partial charge is 0.493 e. The summed E-state index contributed by atoms with van der Waals surface area (Å²) in [5.41, 5.74) is 11.9. The zero-order valence-corrected chi connectivity index (χ0v) is 17.5. The van der Waals surface area contributed by atoms with Crippen molar-refractivity contribution in [2.24, 2.45) is 0 Å². The van der Waals surface area contributed by atoms with Gasteiger partial charge in [0.05, 0.1) is 31.0 Å². The molecule has 1 aliphatic rings. The SMILES string of the molecule is COc1cc2nc(N3CCc4ncccc4C3)cc(N)c2c(-c2ccccn2)c1OC. The molecule has 1 aromatic carbocycles. The van der Waals surface area contributed by atoms with Crippen molar-refractivity contribution in [2.45, 2.75) is 13.0 Å². The summed E-state index contributed by atoms with van der Waals surface area (Å²) in [4.78, 5) is 16.2. The summed E-state index contributed by atoms with van der Waals surface area (Å²) < 4.78 is 11.3. The summed E-state index contributed by atoms with van der Waals surface area (Å²) in [6.07, 6.45) is 4.47. The Morgan fingerprint density at radius 1 is 1.00 bits per heavy atom.